The van der Waals surface area contributed by atoms with Crippen LogP contribution in [0, 0.1) is 0 Å². The SMILES string of the molecule is COc1cccc2c1C(c1ccccc1Cl)N=C(N(C)C)C2.COc1cccc2c1C(c1ccccc1Cl)N=C(N(C)C)C2.Cl.Cl.O. The largest absolute Gasteiger partial charge is 0.496 e. The number of likely N-dealkylation sites (N-methyl/N-ethyl adjacent to an activating group) is 2. The van der Waals surface area contributed by atoms with Gasteiger partial charge in [-0.15, -0.1) is 24.8 Å². The second-order valence-electron chi connectivity index (χ2n) is 11.1. The van der Waals surface area contributed by atoms with Crippen molar-refractivity contribution in [1.82, 2.24) is 9.80 Å². The standard InChI is InChI=1S/2C18H19ClN2O.2ClH.H2O/c2*1-21(2)16-11-12-7-6-10-15(22-3)17(12)18(20-16)13-8-4-5-9-14(13)19;;;/h2*4-10,18H,11H2,1-3H3;2*1H;1H2. The molecule has 0 aliphatic carbocycles. The molecule has 252 valence electrons. The van der Waals surface area contributed by atoms with Crippen molar-refractivity contribution in [3.63, 3.8) is 0 Å². The zero-order chi connectivity index (χ0) is 31.4. The fourth-order valence-electron chi connectivity index (χ4n) is 5.71. The molecule has 0 fully saturated rings. The second-order valence-corrected chi connectivity index (χ2v) is 12.0. The molecule has 0 spiro atoms. The quantitative estimate of drug-likeness (QED) is 0.215. The predicted octanol–water partition coefficient (Wildman–Crippen LogP) is 7.93. The normalized spacial score (nSPS) is 15.7. The van der Waals surface area contributed by atoms with Crippen LogP contribution in [-0.4, -0.2) is 69.4 Å². The lowest BCUT2D eigenvalue weighted by molar-refractivity contribution is 0.406. The lowest BCUT2D eigenvalue weighted by Gasteiger charge is -2.29. The second kappa shape index (κ2) is 17.6. The molecule has 0 aromatic heterocycles. The number of aliphatic imine (C=N–C) groups is 2. The van der Waals surface area contributed by atoms with Gasteiger partial charge in [0, 0.05) is 62.2 Å². The Bertz CT molecular complexity index is 1590. The van der Waals surface area contributed by atoms with Crippen molar-refractivity contribution in [2.45, 2.75) is 24.9 Å². The van der Waals surface area contributed by atoms with Crippen molar-refractivity contribution in [1.29, 1.82) is 0 Å². The molecular weight excluding hydrogens is 678 g/mol. The highest BCUT2D eigenvalue weighted by molar-refractivity contribution is 6.31. The Hall–Kier alpha value is -3.46. The summed E-state index contributed by atoms with van der Waals surface area (Å²) in [5.41, 5.74) is 6.72. The summed E-state index contributed by atoms with van der Waals surface area (Å²) in [6, 6.07) is 27.8. The molecule has 2 heterocycles. The minimum atomic E-state index is -0.133. The van der Waals surface area contributed by atoms with Crippen LogP contribution in [0.15, 0.2) is 94.9 Å². The van der Waals surface area contributed by atoms with E-state index in [-0.39, 0.29) is 42.4 Å². The number of benzene rings is 4. The Labute approximate surface area is 300 Å². The highest BCUT2D eigenvalue weighted by atomic mass is 35.5. The van der Waals surface area contributed by atoms with Crippen molar-refractivity contribution in [2.75, 3.05) is 42.4 Å². The maximum Gasteiger partial charge on any atom is 0.124 e. The van der Waals surface area contributed by atoms with Gasteiger partial charge in [0.2, 0.25) is 0 Å². The van der Waals surface area contributed by atoms with Crippen molar-refractivity contribution < 1.29 is 14.9 Å². The molecule has 0 radical (unpaired) electrons. The van der Waals surface area contributed by atoms with Gasteiger partial charge in [0.1, 0.15) is 35.3 Å². The Morgan fingerprint density at radius 3 is 1.26 bits per heavy atom. The number of methoxy groups -OCH3 is 2. The zero-order valence-corrected chi connectivity index (χ0v) is 30.5. The maximum absolute atomic E-state index is 6.42. The van der Waals surface area contributed by atoms with Gasteiger partial charge in [-0.3, -0.25) is 9.98 Å². The number of ether oxygens (including phenoxy) is 2. The maximum atomic E-state index is 6.42. The van der Waals surface area contributed by atoms with Crippen molar-refractivity contribution in [2.24, 2.45) is 9.98 Å². The first-order valence-corrected chi connectivity index (χ1v) is 15.3. The fourth-order valence-corrected chi connectivity index (χ4v) is 6.19. The zero-order valence-electron chi connectivity index (χ0n) is 27.3. The van der Waals surface area contributed by atoms with E-state index in [4.69, 9.17) is 42.7 Å². The molecule has 0 amide bonds. The summed E-state index contributed by atoms with van der Waals surface area (Å²) in [6.07, 6.45) is 1.61. The average molecular weight is 721 g/mol. The van der Waals surface area contributed by atoms with E-state index in [0.717, 1.165) is 68.3 Å². The van der Waals surface area contributed by atoms with Gasteiger partial charge in [-0.05, 0) is 46.5 Å². The number of hydrogen-bond donors (Lipinski definition) is 0. The van der Waals surface area contributed by atoms with Crippen molar-refractivity contribution in [3.05, 3.63) is 128 Å². The van der Waals surface area contributed by atoms with E-state index in [2.05, 4.69) is 21.9 Å². The molecule has 4 aromatic carbocycles. The molecule has 2 aliphatic rings. The van der Waals surface area contributed by atoms with Crippen molar-refractivity contribution >= 4 is 59.7 Å². The first-order chi connectivity index (χ1) is 21.2. The Morgan fingerprint density at radius 2 is 0.936 bits per heavy atom. The van der Waals surface area contributed by atoms with E-state index >= 15 is 0 Å². The first-order valence-electron chi connectivity index (χ1n) is 14.5. The third kappa shape index (κ3) is 8.53. The van der Waals surface area contributed by atoms with Crippen LogP contribution in [0.25, 0.3) is 0 Å². The smallest absolute Gasteiger partial charge is 0.124 e. The highest BCUT2D eigenvalue weighted by Gasteiger charge is 2.29. The summed E-state index contributed by atoms with van der Waals surface area (Å²) < 4.78 is 11.1. The van der Waals surface area contributed by atoms with E-state index < -0.39 is 0 Å². The molecule has 2 aliphatic heterocycles. The molecule has 6 rings (SSSR count). The van der Waals surface area contributed by atoms with Gasteiger partial charge in [-0.25, -0.2) is 0 Å². The third-order valence-corrected chi connectivity index (χ3v) is 8.67. The molecule has 47 heavy (non-hydrogen) atoms. The summed E-state index contributed by atoms with van der Waals surface area (Å²) in [5, 5.41) is 1.46. The lowest BCUT2D eigenvalue weighted by Crippen LogP contribution is -2.29. The molecule has 11 heteroatoms. The van der Waals surface area contributed by atoms with Gasteiger partial charge in [0.15, 0.2) is 0 Å². The molecule has 0 bridgehead atoms. The van der Waals surface area contributed by atoms with Crippen LogP contribution in [0.4, 0.5) is 0 Å². The Balaban J connectivity index is 0.000000307. The minimum absolute atomic E-state index is 0. The third-order valence-electron chi connectivity index (χ3n) is 7.98. The number of fused-ring (bicyclic) bond motifs is 2. The van der Waals surface area contributed by atoms with Gasteiger partial charge in [-0.2, -0.15) is 0 Å². The monoisotopic (exact) mass is 718 g/mol. The highest BCUT2D eigenvalue weighted by Crippen LogP contribution is 2.42. The van der Waals surface area contributed by atoms with Crippen LogP contribution in [0.1, 0.15) is 45.5 Å². The first kappa shape index (κ1) is 39.7. The summed E-state index contributed by atoms with van der Waals surface area (Å²) in [6.45, 7) is 0. The van der Waals surface area contributed by atoms with Crippen LogP contribution in [-0.2, 0) is 12.8 Å². The number of halogens is 4. The molecule has 2 N–H and O–H groups in total. The van der Waals surface area contributed by atoms with Gasteiger partial charge >= 0.3 is 0 Å². The summed E-state index contributed by atoms with van der Waals surface area (Å²) in [7, 11) is 11.5. The molecule has 4 aromatic rings. The number of rotatable bonds is 4. The average Bonchev–Trinajstić information content (AvgIpc) is 3.03. The van der Waals surface area contributed by atoms with Crippen LogP contribution in [0.5, 0.6) is 11.5 Å². The number of amidine groups is 2. The molecular formula is C36H42Cl4N4O3. The van der Waals surface area contributed by atoms with Gasteiger partial charge in [0.05, 0.1) is 14.2 Å². The van der Waals surface area contributed by atoms with Gasteiger partial charge < -0.3 is 24.7 Å². The van der Waals surface area contributed by atoms with Crippen LogP contribution in [0.2, 0.25) is 10.0 Å². The molecule has 7 nitrogen and oxygen atoms in total. The van der Waals surface area contributed by atoms with E-state index in [9.17, 15) is 0 Å². The van der Waals surface area contributed by atoms with Crippen LogP contribution in [0.3, 0.4) is 0 Å². The Kier molecular flexibility index (Phi) is 14.9. The Morgan fingerprint density at radius 1 is 0.574 bits per heavy atom. The topological polar surface area (TPSA) is 81.2 Å². The lowest BCUT2D eigenvalue weighted by atomic mass is 9.89. The fraction of sp³-hybridized carbons (Fsp3) is 0.278. The molecule has 0 saturated heterocycles. The van der Waals surface area contributed by atoms with E-state index in [1.807, 2.05) is 101 Å². The summed E-state index contributed by atoms with van der Waals surface area (Å²) >= 11 is 12.8. The van der Waals surface area contributed by atoms with E-state index in [1.165, 1.54) is 11.1 Å². The summed E-state index contributed by atoms with van der Waals surface area (Å²) in [4.78, 5) is 14.0. The van der Waals surface area contributed by atoms with Crippen LogP contribution < -0.4 is 9.47 Å². The minimum Gasteiger partial charge on any atom is -0.496 e. The molecule has 0 saturated carbocycles. The predicted molar refractivity (Wildman–Crippen MR) is 200 cm³/mol. The molecule has 2 unspecified atom stereocenters. The van der Waals surface area contributed by atoms with Crippen molar-refractivity contribution in [3.8, 4) is 11.5 Å². The van der Waals surface area contributed by atoms with Gasteiger partial charge in [0.25, 0.3) is 0 Å². The van der Waals surface area contributed by atoms with E-state index in [1.54, 1.807) is 14.2 Å². The van der Waals surface area contributed by atoms with Gasteiger partial charge in [-0.1, -0.05) is 83.9 Å². The van der Waals surface area contributed by atoms with Crippen LogP contribution >= 0.6 is 48.0 Å². The summed E-state index contributed by atoms with van der Waals surface area (Å²) in [5.74, 6) is 3.82. The molecule has 2 atom stereocenters. The number of nitrogens with zero attached hydrogens (tertiary/aromatic N) is 4. The van der Waals surface area contributed by atoms with E-state index in [0.29, 0.717) is 0 Å². The number of hydrogen-bond acceptors (Lipinski definition) is 6.